The van der Waals surface area contributed by atoms with E-state index < -0.39 is 0 Å². The molecular weight excluding hydrogens is 255 g/mol. The van der Waals surface area contributed by atoms with E-state index in [9.17, 15) is 0 Å². The van der Waals surface area contributed by atoms with Gasteiger partial charge in [0, 0.05) is 4.43 Å². The molecule has 1 aliphatic heterocycles. The summed E-state index contributed by atoms with van der Waals surface area (Å²) in [4.78, 5) is 0. The number of hydrogen-bond acceptors (Lipinski definition) is 2. The molecule has 0 aliphatic carbocycles. The van der Waals surface area contributed by atoms with Crippen LogP contribution in [0.1, 0.15) is 20.8 Å². The van der Waals surface area contributed by atoms with Crippen LogP contribution in [-0.2, 0) is 9.47 Å². The van der Waals surface area contributed by atoms with Crippen LogP contribution in [0.2, 0.25) is 0 Å². The van der Waals surface area contributed by atoms with Crippen molar-refractivity contribution in [3.05, 3.63) is 0 Å². The zero-order valence-corrected chi connectivity index (χ0v) is 9.42. The predicted octanol–water partition coefficient (Wildman–Crippen LogP) is 2.21. The molecule has 2 unspecified atom stereocenters. The van der Waals surface area contributed by atoms with Gasteiger partial charge in [-0.2, -0.15) is 0 Å². The molecular formula is C8H15IO2. The molecule has 1 aliphatic rings. The molecule has 0 N–H and O–H groups in total. The highest BCUT2D eigenvalue weighted by Crippen LogP contribution is 2.27. The van der Waals surface area contributed by atoms with Crippen LogP contribution < -0.4 is 0 Å². The normalized spacial score (nSPS) is 32.2. The Morgan fingerprint density at radius 2 is 2.27 bits per heavy atom. The van der Waals surface area contributed by atoms with E-state index in [0.717, 1.165) is 11.0 Å². The van der Waals surface area contributed by atoms with Gasteiger partial charge in [0.2, 0.25) is 0 Å². The van der Waals surface area contributed by atoms with Crippen LogP contribution in [0.15, 0.2) is 0 Å². The molecule has 11 heavy (non-hydrogen) atoms. The van der Waals surface area contributed by atoms with Crippen LogP contribution in [-0.4, -0.2) is 22.9 Å². The van der Waals surface area contributed by atoms with Crippen molar-refractivity contribution in [2.75, 3.05) is 11.0 Å². The number of hydrogen-bond donors (Lipinski definition) is 0. The predicted molar refractivity (Wildman–Crippen MR) is 53.0 cm³/mol. The highest BCUT2D eigenvalue weighted by molar-refractivity contribution is 14.1. The van der Waals surface area contributed by atoms with Crippen molar-refractivity contribution < 1.29 is 9.47 Å². The van der Waals surface area contributed by atoms with Crippen molar-refractivity contribution in [2.24, 2.45) is 5.92 Å². The molecule has 0 saturated carbocycles. The summed E-state index contributed by atoms with van der Waals surface area (Å²) >= 11 is 2.38. The third-order valence-electron chi connectivity index (χ3n) is 1.91. The number of alkyl halides is 1. The van der Waals surface area contributed by atoms with E-state index in [1.54, 1.807) is 0 Å². The van der Waals surface area contributed by atoms with Gasteiger partial charge >= 0.3 is 0 Å². The molecule has 1 fully saturated rings. The molecule has 0 aromatic rings. The quantitative estimate of drug-likeness (QED) is 0.565. The summed E-state index contributed by atoms with van der Waals surface area (Å²) in [6, 6.07) is 0. The second-order valence-corrected chi connectivity index (χ2v) is 4.38. The summed E-state index contributed by atoms with van der Waals surface area (Å²) in [6.07, 6.45) is 0.293. The minimum atomic E-state index is -0.356. The highest BCUT2D eigenvalue weighted by atomic mass is 127. The Balaban J connectivity index is 2.41. The Bertz CT molecular complexity index is 136. The average molecular weight is 270 g/mol. The Kier molecular flexibility index (Phi) is 3.17. The Morgan fingerprint density at radius 3 is 2.64 bits per heavy atom. The van der Waals surface area contributed by atoms with Gasteiger partial charge in [-0.05, 0) is 19.8 Å². The Hall–Kier alpha value is 0.650. The van der Waals surface area contributed by atoms with Crippen LogP contribution >= 0.6 is 22.6 Å². The van der Waals surface area contributed by atoms with Gasteiger partial charge in [-0.1, -0.05) is 29.5 Å². The van der Waals surface area contributed by atoms with Crippen LogP contribution in [0.4, 0.5) is 0 Å². The van der Waals surface area contributed by atoms with Gasteiger partial charge in [-0.25, -0.2) is 0 Å². The second kappa shape index (κ2) is 3.58. The van der Waals surface area contributed by atoms with Gasteiger partial charge < -0.3 is 9.47 Å². The third kappa shape index (κ3) is 2.56. The van der Waals surface area contributed by atoms with Crippen molar-refractivity contribution >= 4 is 22.6 Å². The van der Waals surface area contributed by atoms with E-state index in [1.807, 2.05) is 13.8 Å². The SMILES string of the molecule is CC(CI)C1COC(C)(C)O1. The molecule has 0 spiro atoms. The van der Waals surface area contributed by atoms with Gasteiger partial charge in [-0.3, -0.25) is 0 Å². The first-order valence-corrected chi connectivity index (χ1v) is 5.45. The minimum Gasteiger partial charge on any atom is -0.348 e. The lowest BCUT2D eigenvalue weighted by Crippen LogP contribution is -2.25. The van der Waals surface area contributed by atoms with Crippen molar-refractivity contribution in [3.8, 4) is 0 Å². The largest absolute Gasteiger partial charge is 0.348 e. The summed E-state index contributed by atoms with van der Waals surface area (Å²) in [5.74, 6) is 0.238. The van der Waals surface area contributed by atoms with Crippen molar-refractivity contribution in [2.45, 2.75) is 32.7 Å². The minimum absolute atomic E-state index is 0.293. The van der Waals surface area contributed by atoms with Crippen molar-refractivity contribution in [1.29, 1.82) is 0 Å². The van der Waals surface area contributed by atoms with E-state index in [1.165, 1.54) is 0 Å². The lowest BCUT2D eigenvalue weighted by atomic mass is 10.1. The van der Waals surface area contributed by atoms with Gasteiger partial charge in [0.15, 0.2) is 5.79 Å². The van der Waals surface area contributed by atoms with Crippen LogP contribution in [0.3, 0.4) is 0 Å². The third-order valence-corrected chi connectivity index (χ3v) is 3.30. The van der Waals surface area contributed by atoms with E-state index in [-0.39, 0.29) is 5.79 Å². The van der Waals surface area contributed by atoms with Gasteiger partial charge in [-0.15, -0.1) is 0 Å². The van der Waals surface area contributed by atoms with E-state index in [4.69, 9.17) is 9.47 Å². The lowest BCUT2D eigenvalue weighted by Gasteiger charge is -2.19. The number of halogens is 1. The fraction of sp³-hybridized carbons (Fsp3) is 1.00. The molecule has 3 heteroatoms. The van der Waals surface area contributed by atoms with Crippen LogP contribution in [0, 0.1) is 5.92 Å². The Morgan fingerprint density at radius 1 is 1.64 bits per heavy atom. The maximum atomic E-state index is 5.67. The van der Waals surface area contributed by atoms with Crippen LogP contribution in [0.5, 0.6) is 0 Å². The van der Waals surface area contributed by atoms with Gasteiger partial charge in [0.25, 0.3) is 0 Å². The fourth-order valence-electron chi connectivity index (χ4n) is 1.10. The fourth-order valence-corrected chi connectivity index (χ4v) is 1.66. The topological polar surface area (TPSA) is 18.5 Å². The summed E-state index contributed by atoms with van der Waals surface area (Å²) < 4.78 is 12.3. The van der Waals surface area contributed by atoms with E-state index in [2.05, 4.69) is 29.5 Å². The summed E-state index contributed by atoms with van der Waals surface area (Å²) in [7, 11) is 0. The summed E-state index contributed by atoms with van der Waals surface area (Å²) in [6.45, 7) is 6.87. The molecule has 0 aromatic carbocycles. The summed E-state index contributed by atoms with van der Waals surface area (Å²) in [5, 5.41) is 0. The number of rotatable bonds is 2. The first-order chi connectivity index (χ1) is 5.05. The molecule has 0 aromatic heterocycles. The van der Waals surface area contributed by atoms with Crippen molar-refractivity contribution in [1.82, 2.24) is 0 Å². The molecule has 2 atom stereocenters. The molecule has 66 valence electrons. The van der Waals surface area contributed by atoms with Crippen LogP contribution in [0.25, 0.3) is 0 Å². The maximum absolute atomic E-state index is 5.67. The van der Waals surface area contributed by atoms with E-state index >= 15 is 0 Å². The molecule has 1 heterocycles. The molecule has 1 saturated heterocycles. The number of ether oxygens (including phenoxy) is 2. The Labute approximate surface area is 81.8 Å². The van der Waals surface area contributed by atoms with E-state index in [0.29, 0.717) is 12.0 Å². The zero-order valence-electron chi connectivity index (χ0n) is 7.26. The second-order valence-electron chi connectivity index (χ2n) is 3.50. The maximum Gasteiger partial charge on any atom is 0.163 e. The molecule has 0 radical (unpaired) electrons. The average Bonchev–Trinajstić information content (AvgIpc) is 2.29. The first-order valence-electron chi connectivity index (χ1n) is 3.93. The monoisotopic (exact) mass is 270 g/mol. The molecule has 0 bridgehead atoms. The molecule has 1 rings (SSSR count). The summed E-state index contributed by atoms with van der Waals surface area (Å²) in [5.41, 5.74) is 0. The zero-order chi connectivity index (χ0) is 8.48. The standard InChI is InChI=1S/C8H15IO2/c1-6(4-9)7-5-10-8(2,3)11-7/h6-7H,4-5H2,1-3H3. The van der Waals surface area contributed by atoms with Gasteiger partial charge in [0.05, 0.1) is 12.7 Å². The highest BCUT2D eigenvalue weighted by Gasteiger charge is 2.34. The first kappa shape index (κ1) is 9.74. The molecule has 2 nitrogen and oxygen atoms in total. The lowest BCUT2D eigenvalue weighted by molar-refractivity contribution is -0.142. The van der Waals surface area contributed by atoms with Gasteiger partial charge in [0.1, 0.15) is 0 Å². The van der Waals surface area contributed by atoms with Crippen molar-refractivity contribution in [3.63, 3.8) is 0 Å². The smallest absolute Gasteiger partial charge is 0.163 e. The molecule has 0 amide bonds.